The zero-order valence-corrected chi connectivity index (χ0v) is 10.4. The van der Waals surface area contributed by atoms with E-state index in [0.29, 0.717) is 0 Å². The maximum Gasteiger partial charge on any atom is 0.542 e. The van der Waals surface area contributed by atoms with Gasteiger partial charge in [0.05, 0.1) is 6.61 Å². The maximum atomic E-state index is 10.9. The van der Waals surface area contributed by atoms with Crippen LogP contribution in [-0.2, 0) is 24.6 Å². The highest BCUT2D eigenvalue weighted by molar-refractivity contribution is 5.58. The summed E-state index contributed by atoms with van der Waals surface area (Å²) in [6.45, 7) is 4.28. The summed E-state index contributed by atoms with van der Waals surface area (Å²) in [5, 5.41) is 15.2. The molecule has 0 amide bonds. The van der Waals surface area contributed by atoms with E-state index in [9.17, 15) is 9.59 Å². The van der Waals surface area contributed by atoms with Gasteiger partial charge in [-0.2, -0.15) is 0 Å². The lowest BCUT2D eigenvalue weighted by atomic mass is 10.0. The zero-order valence-electron chi connectivity index (χ0n) is 10.4. The van der Waals surface area contributed by atoms with E-state index in [1.807, 2.05) is 6.92 Å². The zero-order chi connectivity index (χ0) is 13.8. The smallest absolute Gasteiger partial charge is 0.448 e. The number of carbonyl (C=O) groups is 2. The summed E-state index contributed by atoms with van der Waals surface area (Å²) < 4.78 is 4.73. The summed E-state index contributed by atoms with van der Waals surface area (Å²) in [7, 11) is 0. The minimum Gasteiger partial charge on any atom is -0.448 e. The van der Waals surface area contributed by atoms with Crippen LogP contribution in [-0.4, -0.2) is 24.0 Å². The lowest BCUT2D eigenvalue weighted by molar-refractivity contribution is -0.600. The third-order valence-electron chi connectivity index (χ3n) is 2.22. The number of hydrogen-bond acceptors (Lipinski definition) is 7. The Bertz CT molecular complexity index is 242. The Balaban J connectivity index is 3.58. The molecule has 0 saturated heterocycles. The first-order valence-electron chi connectivity index (χ1n) is 5.67. The first-order valence-corrected chi connectivity index (χ1v) is 5.67. The van der Waals surface area contributed by atoms with Gasteiger partial charge >= 0.3 is 12.3 Å². The number of rotatable bonds is 9. The molecule has 1 unspecified atom stereocenters. The molecule has 8 nitrogen and oxygen atoms in total. The van der Waals surface area contributed by atoms with E-state index in [2.05, 4.69) is 26.8 Å². The molecule has 0 aliphatic rings. The maximum absolute atomic E-state index is 10.9. The highest BCUT2D eigenvalue weighted by atomic mass is 17.7. The van der Waals surface area contributed by atoms with E-state index in [4.69, 9.17) is 9.84 Å². The van der Waals surface area contributed by atoms with Crippen LogP contribution in [0.5, 0.6) is 0 Å². The number of carbonyl (C=O) groups excluding carboxylic acids is 1. The van der Waals surface area contributed by atoms with E-state index in [1.54, 1.807) is 0 Å². The van der Waals surface area contributed by atoms with Crippen molar-refractivity contribution in [3.63, 3.8) is 0 Å². The van der Waals surface area contributed by atoms with E-state index < -0.39 is 12.3 Å². The molecule has 1 N–H and O–H groups in total. The fraction of sp³-hybridized carbons (Fsp3) is 0.800. The average Bonchev–Trinajstić information content (AvgIpc) is 2.34. The summed E-state index contributed by atoms with van der Waals surface area (Å²) >= 11 is 0. The predicted molar refractivity (Wildman–Crippen MR) is 57.0 cm³/mol. The minimum atomic E-state index is -1.74. The van der Waals surface area contributed by atoms with Gasteiger partial charge in [-0.1, -0.05) is 33.1 Å². The molecule has 1 atom stereocenters. The molecule has 0 bridgehead atoms. The van der Waals surface area contributed by atoms with Crippen LogP contribution in [0.25, 0.3) is 0 Å². The molecule has 106 valence electrons. The molecule has 0 radical (unpaired) electrons. The molecule has 18 heavy (non-hydrogen) atoms. The SMILES string of the molecule is CCCCC(CC)COC(=O)OOOOC(=O)O. The van der Waals surface area contributed by atoms with Crippen molar-refractivity contribution in [2.24, 2.45) is 5.92 Å². The van der Waals surface area contributed by atoms with Crippen LogP contribution < -0.4 is 0 Å². The topological polar surface area (TPSA) is 101 Å². The van der Waals surface area contributed by atoms with Crippen molar-refractivity contribution in [2.45, 2.75) is 39.5 Å². The highest BCUT2D eigenvalue weighted by Crippen LogP contribution is 2.13. The summed E-state index contributed by atoms with van der Waals surface area (Å²) in [6.07, 6.45) is 1.11. The van der Waals surface area contributed by atoms with Gasteiger partial charge < -0.3 is 9.84 Å². The second-order valence-corrected chi connectivity index (χ2v) is 3.55. The predicted octanol–water partition coefficient (Wildman–Crippen LogP) is 2.83. The number of carboxylic acid groups (broad SMARTS) is 1. The van der Waals surface area contributed by atoms with Gasteiger partial charge in [0.25, 0.3) is 0 Å². The van der Waals surface area contributed by atoms with Gasteiger partial charge in [0, 0.05) is 10.1 Å². The van der Waals surface area contributed by atoms with Crippen LogP contribution in [0.3, 0.4) is 0 Å². The third-order valence-corrected chi connectivity index (χ3v) is 2.22. The second kappa shape index (κ2) is 10.6. The van der Waals surface area contributed by atoms with Crippen LogP contribution in [0, 0.1) is 5.92 Å². The minimum absolute atomic E-state index is 0.207. The molecule has 0 fully saturated rings. The third kappa shape index (κ3) is 9.67. The van der Waals surface area contributed by atoms with Crippen molar-refractivity contribution >= 4 is 12.3 Å². The van der Waals surface area contributed by atoms with Crippen LogP contribution in [0.4, 0.5) is 9.59 Å². The molecule has 0 rings (SSSR count). The first kappa shape index (κ1) is 16.5. The Morgan fingerprint density at radius 3 is 2.39 bits per heavy atom. The van der Waals surface area contributed by atoms with Gasteiger partial charge in [-0.15, -0.1) is 0 Å². The van der Waals surface area contributed by atoms with Crippen LogP contribution >= 0.6 is 0 Å². The fourth-order valence-corrected chi connectivity index (χ4v) is 1.19. The highest BCUT2D eigenvalue weighted by Gasteiger charge is 2.12. The van der Waals surface area contributed by atoms with E-state index in [-0.39, 0.29) is 12.5 Å². The summed E-state index contributed by atoms with van der Waals surface area (Å²) in [6, 6.07) is 0. The molecular formula is C10H18O8. The molecule has 0 aromatic rings. The normalized spacial score (nSPS) is 11.7. The van der Waals surface area contributed by atoms with Crippen molar-refractivity contribution in [3.8, 4) is 0 Å². The van der Waals surface area contributed by atoms with E-state index >= 15 is 0 Å². The second-order valence-electron chi connectivity index (χ2n) is 3.55. The number of unbranched alkanes of at least 4 members (excludes halogenated alkanes) is 1. The molecular weight excluding hydrogens is 248 g/mol. The molecule has 0 spiro atoms. The molecule has 0 saturated carbocycles. The number of ether oxygens (including phenoxy) is 1. The lowest BCUT2D eigenvalue weighted by Crippen LogP contribution is -2.15. The first-order chi connectivity index (χ1) is 8.60. The Hall–Kier alpha value is -1.54. The summed E-state index contributed by atoms with van der Waals surface area (Å²) in [5.74, 6) is 0.258. The molecule has 0 aliphatic carbocycles. The average molecular weight is 266 g/mol. The summed E-state index contributed by atoms with van der Waals surface area (Å²) in [5.41, 5.74) is 0. The molecule has 0 heterocycles. The summed E-state index contributed by atoms with van der Waals surface area (Å²) in [4.78, 5) is 28.1. The van der Waals surface area contributed by atoms with Crippen molar-refractivity contribution in [1.82, 2.24) is 0 Å². The standard InChI is InChI=1S/C10H18O8/c1-3-5-6-8(4-2)7-14-10(13)16-18-17-15-9(11)12/h8H,3-7H2,1-2H3,(H,11,12). The van der Waals surface area contributed by atoms with Crippen LogP contribution in [0.1, 0.15) is 39.5 Å². The van der Waals surface area contributed by atoms with Gasteiger partial charge in [-0.3, -0.25) is 0 Å². The van der Waals surface area contributed by atoms with Crippen molar-refractivity contribution < 1.29 is 39.3 Å². The number of hydrogen-bond donors (Lipinski definition) is 1. The monoisotopic (exact) mass is 266 g/mol. The van der Waals surface area contributed by atoms with Crippen LogP contribution in [0.2, 0.25) is 0 Å². The molecule has 8 heteroatoms. The van der Waals surface area contributed by atoms with Crippen molar-refractivity contribution in [1.29, 1.82) is 0 Å². The Morgan fingerprint density at radius 2 is 1.83 bits per heavy atom. The quantitative estimate of drug-likeness (QED) is 0.294. The van der Waals surface area contributed by atoms with Gasteiger partial charge in [-0.25, -0.2) is 19.4 Å². The Kier molecular flexibility index (Phi) is 9.70. The van der Waals surface area contributed by atoms with Gasteiger partial charge in [0.15, 0.2) is 0 Å². The van der Waals surface area contributed by atoms with Gasteiger partial charge in [0.1, 0.15) is 0 Å². The van der Waals surface area contributed by atoms with Crippen molar-refractivity contribution in [2.75, 3.05) is 6.61 Å². The lowest BCUT2D eigenvalue weighted by Gasteiger charge is -2.13. The molecule has 0 aromatic carbocycles. The van der Waals surface area contributed by atoms with Crippen LogP contribution in [0.15, 0.2) is 0 Å². The molecule has 0 aliphatic heterocycles. The van der Waals surface area contributed by atoms with E-state index in [1.165, 1.54) is 0 Å². The van der Waals surface area contributed by atoms with E-state index in [0.717, 1.165) is 25.7 Å². The molecule has 0 aromatic heterocycles. The van der Waals surface area contributed by atoms with Gasteiger partial charge in [-0.05, 0) is 12.3 Å². The Labute approximate surface area is 104 Å². The van der Waals surface area contributed by atoms with Gasteiger partial charge in [0.2, 0.25) is 0 Å². The van der Waals surface area contributed by atoms with Crippen molar-refractivity contribution in [3.05, 3.63) is 0 Å². The fourth-order valence-electron chi connectivity index (χ4n) is 1.19. The largest absolute Gasteiger partial charge is 0.542 e. The Morgan fingerprint density at radius 1 is 1.17 bits per heavy atom.